The molecule has 0 N–H and O–H groups in total. The quantitative estimate of drug-likeness (QED) is 0.754. The Morgan fingerprint density at radius 2 is 2.00 bits per heavy atom. The molecule has 3 unspecified atom stereocenters. The number of ketones is 1. The van der Waals surface area contributed by atoms with Crippen molar-refractivity contribution in [2.45, 2.75) is 40.2 Å². The van der Waals surface area contributed by atoms with Crippen LogP contribution in [0.25, 0.3) is 0 Å². The van der Waals surface area contributed by atoms with Crippen LogP contribution < -0.4 is 4.90 Å². The molecule has 2 nitrogen and oxygen atoms in total. The predicted molar refractivity (Wildman–Crippen MR) is 76.2 cm³/mol. The highest BCUT2D eigenvalue weighted by molar-refractivity contribution is 5.94. The van der Waals surface area contributed by atoms with Gasteiger partial charge in [0.05, 0.1) is 5.69 Å². The molecule has 0 radical (unpaired) electrons. The van der Waals surface area contributed by atoms with E-state index in [1.165, 1.54) is 19.4 Å². The van der Waals surface area contributed by atoms with Crippen molar-refractivity contribution >= 4 is 11.5 Å². The van der Waals surface area contributed by atoms with Gasteiger partial charge in [-0.1, -0.05) is 13.8 Å². The number of hydrogen-bond acceptors (Lipinski definition) is 2. The van der Waals surface area contributed by atoms with Gasteiger partial charge in [0.2, 0.25) is 0 Å². The van der Waals surface area contributed by atoms with Gasteiger partial charge in [0, 0.05) is 18.2 Å². The summed E-state index contributed by atoms with van der Waals surface area (Å²) in [5.41, 5.74) is 1.06. The average Bonchev–Trinajstić information content (AvgIpc) is 2.33. The summed E-state index contributed by atoms with van der Waals surface area (Å²) in [6, 6.07) is 5.15. The minimum absolute atomic E-state index is 0.0983. The average molecular weight is 263 g/mol. The van der Waals surface area contributed by atoms with Crippen LogP contribution in [0.4, 0.5) is 10.1 Å². The predicted octanol–water partition coefficient (Wildman–Crippen LogP) is 3.90. The number of piperidine rings is 1. The highest BCUT2D eigenvalue weighted by atomic mass is 19.1. The lowest BCUT2D eigenvalue weighted by molar-refractivity contribution is 0.101. The molecule has 0 aromatic heterocycles. The highest BCUT2D eigenvalue weighted by Gasteiger charge is 2.30. The molecule has 1 aliphatic rings. The van der Waals surface area contributed by atoms with Gasteiger partial charge < -0.3 is 4.90 Å². The second kappa shape index (κ2) is 5.32. The number of carbonyl (C=O) groups is 1. The molecule has 1 saturated heterocycles. The van der Waals surface area contributed by atoms with Gasteiger partial charge in [-0.05, 0) is 50.3 Å². The SMILES string of the molecule is CC(=O)c1ccc(N2CC(C)CC(C)C2C)c(F)c1. The lowest BCUT2D eigenvalue weighted by Crippen LogP contribution is -2.46. The van der Waals surface area contributed by atoms with Crippen molar-refractivity contribution in [2.24, 2.45) is 11.8 Å². The number of nitrogens with zero attached hydrogens (tertiary/aromatic N) is 1. The third kappa shape index (κ3) is 2.80. The maximum absolute atomic E-state index is 14.2. The summed E-state index contributed by atoms with van der Waals surface area (Å²) in [5.74, 6) is 0.730. The van der Waals surface area contributed by atoms with Crippen LogP contribution in [0, 0.1) is 17.7 Å². The second-order valence-corrected chi connectivity index (χ2v) is 5.93. The molecule has 0 spiro atoms. The first-order valence-corrected chi connectivity index (χ1v) is 6.97. The van der Waals surface area contributed by atoms with Crippen LogP contribution in [0.5, 0.6) is 0 Å². The lowest BCUT2D eigenvalue weighted by atomic mass is 9.85. The first-order chi connectivity index (χ1) is 8.90. The molecule has 1 aliphatic heterocycles. The van der Waals surface area contributed by atoms with Gasteiger partial charge in [-0.15, -0.1) is 0 Å². The Labute approximate surface area is 114 Å². The molecule has 0 amide bonds. The van der Waals surface area contributed by atoms with Gasteiger partial charge in [0.15, 0.2) is 5.78 Å². The van der Waals surface area contributed by atoms with Crippen molar-refractivity contribution in [2.75, 3.05) is 11.4 Å². The number of benzene rings is 1. The third-order valence-corrected chi connectivity index (χ3v) is 4.26. The van der Waals surface area contributed by atoms with E-state index >= 15 is 0 Å². The van der Waals surface area contributed by atoms with Crippen molar-refractivity contribution in [1.29, 1.82) is 0 Å². The van der Waals surface area contributed by atoms with Crippen LogP contribution in [0.3, 0.4) is 0 Å². The summed E-state index contributed by atoms with van der Waals surface area (Å²) in [4.78, 5) is 13.4. The molecule has 0 bridgehead atoms. The van der Waals surface area contributed by atoms with E-state index in [1.54, 1.807) is 12.1 Å². The maximum atomic E-state index is 14.2. The minimum Gasteiger partial charge on any atom is -0.366 e. The van der Waals surface area contributed by atoms with Gasteiger partial charge in [0.25, 0.3) is 0 Å². The van der Waals surface area contributed by atoms with Crippen molar-refractivity contribution in [3.8, 4) is 0 Å². The molecule has 2 rings (SSSR count). The molecular formula is C16H22FNO. The molecule has 0 saturated carbocycles. The normalized spacial score (nSPS) is 27.4. The Hall–Kier alpha value is -1.38. The van der Waals surface area contributed by atoms with E-state index in [0.29, 0.717) is 29.1 Å². The van der Waals surface area contributed by atoms with E-state index < -0.39 is 0 Å². The number of carbonyl (C=O) groups excluding carboxylic acids is 1. The molecule has 1 aromatic rings. The van der Waals surface area contributed by atoms with E-state index in [1.807, 2.05) is 0 Å². The molecule has 104 valence electrons. The number of Topliss-reactive ketones (excluding diaryl/α,β-unsaturated/α-hetero) is 1. The zero-order valence-corrected chi connectivity index (χ0v) is 12.1. The smallest absolute Gasteiger partial charge is 0.159 e. The Bertz CT molecular complexity index is 486. The molecule has 1 fully saturated rings. The van der Waals surface area contributed by atoms with E-state index in [9.17, 15) is 9.18 Å². The van der Waals surface area contributed by atoms with E-state index in [-0.39, 0.29) is 11.6 Å². The molecule has 1 aromatic carbocycles. The summed E-state index contributed by atoms with van der Waals surface area (Å²) >= 11 is 0. The number of rotatable bonds is 2. The zero-order valence-electron chi connectivity index (χ0n) is 12.1. The number of halogens is 1. The summed E-state index contributed by atoms with van der Waals surface area (Å²) < 4.78 is 14.2. The molecular weight excluding hydrogens is 241 g/mol. The van der Waals surface area contributed by atoms with Crippen LogP contribution in [0.1, 0.15) is 44.5 Å². The van der Waals surface area contributed by atoms with Crippen LogP contribution in [-0.4, -0.2) is 18.4 Å². The van der Waals surface area contributed by atoms with Crippen LogP contribution >= 0.6 is 0 Å². The lowest BCUT2D eigenvalue weighted by Gasteiger charge is -2.42. The summed E-state index contributed by atoms with van der Waals surface area (Å²) in [5, 5.41) is 0. The molecule has 19 heavy (non-hydrogen) atoms. The summed E-state index contributed by atoms with van der Waals surface area (Å²) in [6.45, 7) is 8.91. The number of hydrogen-bond donors (Lipinski definition) is 0. The first kappa shape index (κ1) is 14.0. The Morgan fingerprint density at radius 3 is 2.58 bits per heavy atom. The summed E-state index contributed by atoms with van der Waals surface area (Å²) in [6.07, 6.45) is 1.19. The zero-order chi connectivity index (χ0) is 14.2. The van der Waals surface area contributed by atoms with Crippen molar-refractivity contribution in [3.05, 3.63) is 29.6 Å². The topological polar surface area (TPSA) is 20.3 Å². The van der Waals surface area contributed by atoms with Crippen LogP contribution in [0.15, 0.2) is 18.2 Å². The molecule has 3 atom stereocenters. The van der Waals surface area contributed by atoms with Gasteiger partial charge in [0.1, 0.15) is 5.82 Å². The van der Waals surface area contributed by atoms with Crippen molar-refractivity contribution in [1.82, 2.24) is 0 Å². The molecule has 1 heterocycles. The van der Waals surface area contributed by atoms with Crippen molar-refractivity contribution in [3.63, 3.8) is 0 Å². The van der Waals surface area contributed by atoms with E-state index in [4.69, 9.17) is 0 Å². The fourth-order valence-electron chi connectivity index (χ4n) is 2.99. The number of anilines is 1. The van der Waals surface area contributed by atoms with Crippen LogP contribution in [0.2, 0.25) is 0 Å². The van der Waals surface area contributed by atoms with Gasteiger partial charge in [-0.25, -0.2) is 4.39 Å². The fourth-order valence-corrected chi connectivity index (χ4v) is 2.99. The Morgan fingerprint density at radius 1 is 1.32 bits per heavy atom. The highest BCUT2D eigenvalue weighted by Crippen LogP contribution is 2.32. The van der Waals surface area contributed by atoms with Gasteiger partial charge in [-0.2, -0.15) is 0 Å². The van der Waals surface area contributed by atoms with E-state index in [0.717, 1.165) is 6.54 Å². The third-order valence-electron chi connectivity index (χ3n) is 4.26. The Kier molecular flexibility index (Phi) is 3.93. The minimum atomic E-state index is -0.291. The van der Waals surface area contributed by atoms with Gasteiger partial charge >= 0.3 is 0 Å². The summed E-state index contributed by atoms with van der Waals surface area (Å²) in [7, 11) is 0. The van der Waals surface area contributed by atoms with Crippen LogP contribution in [-0.2, 0) is 0 Å². The fraction of sp³-hybridized carbons (Fsp3) is 0.562. The maximum Gasteiger partial charge on any atom is 0.159 e. The standard InChI is InChI=1S/C16H22FNO/c1-10-7-11(2)12(3)18(9-10)16-6-5-14(13(4)19)8-15(16)17/h5-6,8,10-12H,7,9H2,1-4H3. The largest absolute Gasteiger partial charge is 0.366 e. The van der Waals surface area contributed by atoms with Crippen molar-refractivity contribution < 1.29 is 9.18 Å². The molecule has 0 aliphatic carbocycles. The first-order valence-electron chi connectivity index (χ1n) is 6.97. The van der Waals surface area contributed by atoms with Gasteiger partial charge in [-0.3, -0.25) is 4.79 Å². The monoisotopic (exact) mass is 263 g/mol. The Balaban J connectivity index is 2.32. The van der Waals surface area contributed by atoms with E-state index in [2.05, 4.69) is 25.7 Å². The molecule has 3 heteroatoms. The second-order valence-electron chi connectivity index (χ2n) is 5.93.